The molecule has 0 aromatic heterocycles. The molecule has 0 aliphatic rings. The molecule has 0 fully saturated rings. The summed E-state index contributed by atoms with van der Waals surface area (Å²) in [5.41, 5.74) is 2.07. The van der Waals surface area contributed by atoms with Crippen LogP contribution in [0.25, 0.3) is 0 Å². The molecule has 1 rings (SSSR count). The van der Waals surface area contributed by atoms with Crippen molar-refractivity contribution in [2.75, 3.05) is 13.1 Å². The topological polar surface area (TPSA) is 40.5 Å². The van der Waals surface area contributed by atoms with Gasteiger partial charge >= 0.3 is 5.97 Å². The number of carbonyl (C=O) groups is 1. The van der Waals surface area contributed by atoms with Crippen molar-refractivity contribution in [3.05, 3.63) is 35.4 Å². The number of nitrogens with zero attached hydrogens (tertiary/aromatic N) is 1. The smallest absolute Gasteiger partial charge is 0.307 e. The van der Waals surface area contributed by atoms with E-state index in [2.05, 4.69) is 25.7 Å². The van der Waals surface area contributed by atoms with E-state index in [1.165, 1.54) is 12.8 Å². The largest absolute Gasteiger partial charge is 0.481 e. The normalized spacial score (nSPS) is 11.2. The van der Waals surface area contributed by atoms with Gasteiger partial charge in [-0.2, -0.15) is 0 Å². The van der Waals surface area contributed by atoms with Gasteiger partial charge in [0.1, 0.15) is 0 Å². The third kappa shape index (κ3) is 5.33. The van der Waals surface area contributed by atoms with Gasteiger partial charge in [-0.1, -0.05) is 57.9 Å². The number of benzene rings is 1. The molecule has 112 valence electrons. The lowest BCUT2D eigenvalue weighted by Crippen LogP contribution is -2.29. The fourth-order valence-corrected chi connectivity index (χ4v) is 2.51. The van der Waals surface area contributed by atoms with Gasteiger partial charge in [-0.25, -0.2) is 0 Å². The molecule has 1 aromatic rings. The van der Waals surface area contributed by atoms with Crippen LogP contribution in [-0.2, 0) is 17.8 Å². The van der Waals surface area contributed by atoms with Crippen molar-refractivity contribution in [2.24, 2.45) is 5.92 Å². The van der Waals surface area contributed by atoms with Gasteiger partial charge in [0.05, 0.1) is 6.42 Å². The molecule has 0 aliphatic heterocycles. The number of rotatable bonds is 9. The molecular weight excluding hydrogens is 250 g/mol. The van der Waals surface area contributed by atoms with E-state index in [4.69, 9.17) is 5.11 Å². The number of carboxylic acids is 1. The summed E-state index contributed by atoms with van der Waals surface area (Å²) in [4.78, 5) is 13.3. The van der Waals surface area contributed by atoms with Gasteiger partial charge in [0.25, 0.3) is 0 Å². The highest BCUT2D eigenvalue weighted by atomic mass is 16.4. The maximum atomic E-state index is 10.9. The summed E-state index contributed by atoms with van der Waals surface area (Å²) in [5.74, 6) is -0.0397. The van der Waals surface area contributed by atoms with Gasteiger partial charge in [-0.15, -0.1) is 0 Å². The van der Waals surface area contributed by atoms with E-state index >= 15 is 0 Å². The van der Waals surface area contributed by atoms with E-state index in [-0.39, 0.29) is 6.42 Å². The lowest BCUT2D eigenvalue weighted by atomic mass is 10.0. The summed E-state index contributed by atoms with van der Waals surface area (Å²) in [6, 6.07) is 7.88. The Morgan fingerprint density at radius 1 is 1.15 bits per heavy atom. The Kier molecular flexibility index (Phi) is 7.31. The number of carboxylic acid groups (broad SMARTS) is 1. The van der Waals surface area contributed by atoms with E-state index in [1.807, 2.05) is 24.3 Å². The second-order valence-corrected chi connectivity index (χ2v) is 5.35. The first-order valence-corrected chi connectivity index (χ1v) is 7.61. The van der Waals surface area contributed by atoms with Crippen LogP contribution in [0.4, 0.5) is 0 Å². The van der Waals surface area contributed by atoms with Crippen LogP contribution in [0.3, 0.4) is 0 Å². The first kappa shape index (κ1) is 16.7. The Labute approximate surface area is 122 Å². The minimum atomic E-state index is -0.763. The molecule has 3 nitrogen and oxygen atoms in total. The number of hydrogen-bond donors (Lipinski definition) is 1. The SMILES string of the molecule is CCC(CC)CN(CC)Cc1ccccc1CC(=O)O. The minimum absolute atomic E-state index is 0.110. The monoisotopic (exact) mass is 277 g/mol. The molecule has 0 spiro atoms. The Morgan fingerprint density at radius 3 is 2.25 bits per heavy atom. The van der Waals surface area contributed by atoms with Gasteiger partial charge in [0.2, 0.25) is 0 Å². The molecule has 0 radical (unpaired) electrons. The second kappa shape index (κ2) is 8.75. The lowest BCUT2D eigenvalue weighted by molar-refractivity contribution is -0.136. The van der Waals surface area contributed by atoms with Crippen molar-refractivity contribution in [3.8, 4) is 0 Å². The van der Waals surface area contributed by atoms with Gasteiger partial charge in [-0.3, -0.25) is 9.69 Å². The van der Waals surface area contributed by atoms with E-state index < -0.39 is 5.97 Å². The lowest BCUT2D eigenvalue weighted by Gasteiger charge is -2.26. The van der Waals surface area contributed by atoms with Crippen molar-refractivity contribution >= 4 is 5.97 Å². The van der Waals surface area contributed by atoms with Crippen molar-refractivity contribution in [3.63, 3.8) is 0 Å². The fraction of sp³-hybridized carbons (Fsp3) is 0.588. The van der Waals surface area contributed by atoms with Crippen LogP contribution in [-0.4, -0.2) is 29.1 Å². The van der Waals surface area contributed by atoms with Crippen LogP contribution in [0.15, 0.2) is 24.3 Å². The first-order valence-electron chi connectivity index (χ1n) is 7.61. The predicted octanol–water partition coefficient (Wildman–Crippen LogP) is 3.57. The average molecular weight is 277 g/mol. The quantitative estimate of drug-likeness (QED) is 0.750. The molecule has 0 saturated carbocycles. The molecule has 0 saturated heterocycles. The standard InChI is InChI=1S/C17H27NO2/c1-4-14(5-2)12-18(6-3)13-16-10-8-7-9-15(16)11-17(19)20/h7-10,14H,4-6,11-13H2,1-3H3,(H,19,20). The third-order valence-electron chi connectivity index (χ3n) is 3.97. The van der Waals surface area contributed by atoms with E-state index in [0.717, 1.165) is 36.7 Å². The van der Waals surface area contributed by atoms with Crippen LogP contribution in [0.5, 0.6) is 0 Å². The Morgan fingerprint density at radius 2 is 1.75 bits per heavy atom. The molecule has 1 N–H and O–H groups in total. The average Bonchev–Trinajstić information content (AvgIpc) is 2.44. The maximum absolute atomic E-state index is 10.9. The highest BCUT2D eigenvalue weighted by Gasteiger charge is 2.13. The zero-order valence-electron chi connectivity index (χ0n) is 12.9. The summed E-state index contributed by atoms with van der Waals surface area (Å²) in [7, 11) is 0. The van der Waals surface area contributed by atoms with Crippen molar-refractivity contribution in [1.82, 2.24) is 4.90 Å². The Bertz CT molecular complexity index is 413. The Hall–Kier alpha value is -1.35. The Balaban J connectivity index is 2.76. The van der Waals surface area contributed by atoms with Gasteiger partial charge in [0, 0.05) is 13.1 Å². The molecule has 0 atom stereocenters. The van der Waals surface area contributed by atoms with Gasteiger partial charge < -0.3 is 5.11 Å². The first-order chi connectivity index (χ1) is 9.60. The van der Waals surface area contributed by atoms with Crippen molar-refractivity contribution in [2.45, 2.75) is 46.6 Å². The summed E-state index contributed by atoms with van der Waals surface area (Å²) in [6.07, 6.45) is 2.51. The molecule has 20 heavy (non-hydrogen) atoms. The van der Waals surface area contributed by atoms with E-state index in [9.17, 15) is 4.79 Å². The zero-order chi connectivity index (χ0) is 15.0. The molecule has 0 aliphatic carbocycles. The minimum Gasteiger partial charge on any atom is -0.481 e. The molecule has 0 amide bonds. The molecular formula is C17H27NO2. The number of aliphatic carboxylic acids is 1. The molecule has 0 bridgehead atoms. The van der Waals surface area contributed by atoms with Crippen molar-refractivity contribution in [1.29, 1.82) is 0 Å². The van der Waals surface area contributed by atoms with E-state index in [0.29, 0.717) is 0 Å². The van der Waals surface area contributed by atoms with Crippen molar-refractivity contribution < 1.29 is 9.90 Å². The summed E-state index contributed by atoms with van der Waals surface area (Å²) in [5, 5.41) is 8.99. The van der Waals surface area contributed by atoms with Crippen LogP contribution >= 0.6 is 0 Å². The van der Waals surface area contributed by atoms with Crippen LogP contribution < -0.4 is 0 Å². The molecule has 1 aromatic carbocycles. The highest BCUT2D eigenvalue weighted by Crippen LogP contribution is 2.16. The second-order valence-electron chi connectivity index (χ2n) is 5.35. The molecule has 3 heteroatoms. The zero-order valence-corrected chi connectivity index (χ0v) is 12.9. The molecule has 0 unspecified atom stereocenters. The third-order valence-corrected chi connectivity index (χ3v) is 3.97. The van der Waals surface area contributed by atoms with Gasteiger partial charge in [-0.05, 0) is 23.6 Å². The van der Waals surface area contributed by atoms with Crippen LogP contribution in [0.1, 0.15) is 44.7 Å². The maximum Gasteiger partial charge on any atom is 0.307 e. The van der Waals surface area contributed by atoms with Crippen LogP contribution in [0, 0.1) is 5.92 Å². The summed E-state index contributed by atoms with van der Waals surface area (Å²) in [6.45, 7) is 9.57. The predicted molar refractivity (Wildman–Crippen MR) is 82.8 cm³/mol. The summed E-state index contributed by atoms with van der Waals surface area (Å²) >= 11 is 0. The van der Waals surface area contributed by atoms with E-state index in [1.54, 1.807) is 0 Å². The fourth-order valence-electron chi connectivity index (χ4n) is 2.51. The highest BCUT2D eigenvalue weighted by molar-refractivity contribution is 5.70. The van der Waals surface area contributed by atoms with Crippen LogP contribution in [0.2, 0.25) is 0 Å². The van der Waals surface area contributed by atoms with Gasteiger partial charge in [0.15, 0.2) is 0 Å². The number of hydrogen-bond acceptors (Lipinski definition) is 2. The molecule has 0 heterocycles. The summed E-state index contributed by atoms with van der Waals surface area (Å²) < 4.78 is 0.